The maximum atomic E-state index is 5.61. The highest BCUT2D eigenvalue weighted by atomic mass is 32.1. The first-order valence-electron chi connectivity index (χ1n) is 5.70. The molecule has 1 fully saturated rings. The molecule has 2 heterocycles. The minimum Gasteiger partial charge on any atom is -0.391 e. The zero-order valence-corrected chi connectivity index (χ0v) is 10.7. The Kier molecular flexibility index (Phi) is 4.03. The van der Waals surface area contributed by atoms with E-state index in [1.54, 1.807) is 6.33 Å². The number of thiocarbonyl (C=S) groups is 1. The van der Waals surface area contributed by atoms with Crippen molar-refractivity contribution in [3.63, 3.8) is 0 Å². The summed E-state index contributed by atoms with van der Waals surface area (Å²) in [5, 5.41) is 4.15. The SMILES string of the molecule is CCn1ncnc1CN1CCOC(C(N)=S)C1. The molecule has 1 aromatic heterocycles. The lowest BCUT2D eigenvalue weighted by Crippen LogP contribution is -2.47. The van der Waals surface area contributed by atoms with Crippen LogP contribution in [0.5, 0.6) is 0 Å². The van der Waals surface area contributed by atoms with Gasteiger partial charge in [0.15, 0.2) is 0 Å². The molecule has 94 valence electrons. The van der Waals surface area contributed by atoms with Gasteiger partial charge in [-0.2, -0.15) is 5.10 Å². The predicted octanol–water partition coefficient (Wildman–Crippen LogP) is -0.215. The van der Waals surface area contributed by atoms with Gasteiger partial charge in [-0.1, -0.05) is 12.2 Å². The van der Waals surface area contributed by atoms with E-state index in [0.29, 0.717) is 11.6 Å². The second kappa shape index (κ2) is 5.52. The Labute approximate surface area is 106 Å². The van der Waals surface area contributed by atoms with Crippen LogP contribution >= 0.6 is 12.2 Å². The summed E-state index contributed by atoms with van der Waals surface area (Å²) >= 11 is 4.96. The lowest BCUT2D eigenvalue weighted by atomic mass is 10.2. The monoisotopic (exact) mass is 255 g/mol. The van der Waals surface area contributed by atoms with Crippen molar-refractivity contribution in [2.24, 2.45) is 5.73 Å². The van der Waals surface area contributed by atoms with Crippen molar-refractivity contribution >= 4 is 17.2 Å². The molecule has 2 N–H and O–H groups in total. The van der Waals surface area contributed by atoms with Gasteiger partial charge in [-0.3, -0.25) is 4.90 Å². The van der Waals surface area contributed by atoms with Crippen LogP contribution in [0.15, 0.2) is 6.33 Å². The molecule has 0 aliphatic carbocycles. The van der Waals surface area contributed by atoms with Crippen molar-refractivity contribution in [1.82, 2.24) is 19.7 Å². The first-order chi connectivity index (χ1) is 8.20. The molecule has 1 aliphatic rings. The van der Waals surface area contributed by atoms with Crippen LogP contribution in [-0.2, 0) is 17.8 Å². The Morgan fingerprint density at radius 3 is 3.24 bits per heavy atom. The molecule has 0 spiro atoms. The summed E-state index contributed by atoms with van der Waals surface area (Å²) in [6, 6.07) is 0. The van der Waals surface area contributed by atoms with E-state index in [-0.39, 0.29) is 6.10 Å². The number of nitrogens with two attached hydrogens (primary N) is 1. The Morgan fingerprint density at radius 1 is 1.71 bits per heavy atom. The number of morpholine rings is 1. The topological polar surface area (TPSA) is 69.2 Å². The summed E-state index contributed by atoms with van der Waals surface area (Å²) < 4.78 is 7.39. The van der Waals surface area contributed by atoms with Crippen molar-refractivity contribution in [3.05, 3.63) is 12.2 Å². The van der Waals surface area contributed by atoms with Crippen molar-refractivity contribution in [2.75, 3.05) is 19.7 Å². The Bertz CT molecular complexity index is 394. The van der Waals surface area contributed by atoms with Gasteiger partial charge >= 0.3 is 0 Å². The lowest BCUT2D eigenvalue weighted by molar-refractivity contribution is 0.00250. The molecular weight excluding hydrogens is 238 g/mol. The average Bonchev–Trinajstić information content (AvgIpc) is 2.76. The molecular formula is C10H17N5OS. The standard InChI is InChI=1S/C10H17N5OS/c1-2-15-9(12-7-13-15)6-14-3-4-16-8(5-14)10(11)17/h7-8H,2-6H2,1H3,(H2,11,17). The van der Waals surface area contributed by atoms with E-state index < -0.39 is 0 Å². The number of nitrogens with zero attached hydrogens (tertiary/aromatic N) is 4. The number of ether oxygens (including phenoxy) is 1. The van der Waals surface area contributed by atoms with E-state index in [9.17, 15) is 0 Å². The molecule has 7 heteroatoms. The van der Waals surface area contributed by atoms with Crippen LogP contribution < -0.4 is 5.73 Å². The van der Waals surface area contributed by atoms with E-state index in [4.69, 9.17) is 22.7 Å². The van der Waals surface area contributed by atoms with E-state index in [0.717, 1.165) is 32.0 Å². The van der Waals surface area contributed by atoms with Gasteiger partial charge in [-0.05, 0) is 6.92 Å². The van der Waals surface area contributed by atoms with Gasteiger partial charge in [-0.25, -0.2) is 9.67 Å². The van der Waals surface area contributed by atoms with Crippen LogP contribution in [0.4, 0.5) is 0 Å². The van der Waals surface area contributed by atoms with Crippen LogP contribution in [-0.4, -0.2) is 50.5 Å². The predicted molar refractivity (Wildman–Crippen MR) is 67.5 cm³/mol. The van der Waals surface area contributed by atoms with Gasteiger partial charge in [0.1, 0.15) is 23.2 Å². The normalized spacial score (nSPS) is 21.6. The maximum absolute atomic E-state index is 5.61. The molecule has 2 rings (SSSR count). The minimum atomic E-state index is -0.142. The third-order valence-corrected chi connectivity index (χ3v) is 3.09. The molecule has 6 nitrogen and oxygen atoms in total. The maximum Gasteiger partial charge on any atom is 0.140 e. The largest absolute Gasteiger partial charge is 0.391 e. The van der Waals surface area contributed by atoms with Crippen LogP contribution in [0.25, 0.3) is 0 Å². The fraction of sp³-hybridized carbons (Fsp3) is 0.700. The Balaban J connectivity index is 1.97. The quantitative estimate of drug-likeness (QED) is 0.751. The number of aryl methyl sites for hydroxylation is 1. The molecule has 0 radical (unpaired) electrons. The zero-order valence-electron chi connectivity index (χ0n) is 9.87. The van der Waals surface area contributed by atoms with Gasteiger partial charge in [0.05, 0.1) is 13.2 Å². The van der Waals surface area contributed by atoms with Crippen LogP contribution in [0.2, 0.25) is 0 Å². The number of rotatable bonds is 4. The molecule has 1 aliphatic heterocycles. The summed E-state index contributed by atoms with van der Waals surface area (Å²) in [5.41, 5.74) is 5.61. The van der Waals surface area contributed by atoms with E-state index in [2.05, 4.69) is 21.9 Å². The lowest BCUT2D eigenvalue weighted by Gasteiger charge is -2.31. The zero-order chi connectivity index (χ0) is 12.3. The summed E-state index contributed by atoms with van der Waals surface area (Å²) in [4.78, 5) is 6.92. The smallest absolute Gasteiger partial charge is 0.140 e. The molecule has 0 aromatic carbocycles. The molecule has 1 unspecified atom stereocenters. The Hall–Kier alpha value is -1.05. The van der Waals surface area contributed by atoms with E-state index in [1.165, 1.54) is 0 Å². The highest BCUT2D eigenvalue weighted by Gasteiger charge is 2.23. The minimum absolute atomic E-state index is 0.142. The molecule has 1 aromatic rings. The Morgan fingerprint density at radius 2 is 2.53 bits per heavy atom. The van der Waals surface area contributed by atoms with Crippen LogP contribution in [0.1, 0.15) is 12.7 Å². The number of aromatic nitrogens is 3. The van der Waals surface area contributed by atoms with Gasteiger partial charge < -0.3 is 10.5 Å². The van der Waals surface area contributed by atoms with Crippen molar-refractivity contribution in [1.29, 1.82) is 0 Å². The van der Waals surface area contributed by atoms with Crippen molar-refractivity contribution in [2.45, 2.75) is 26.1 Å². The molecule has 1 saturated heterocycles. The van der Waals surface area contributed by atoms with Crippen molar-refractivity contribution in [3.8, 4) is 0 Å². The summed E-state index contributed by atoms with van der Waals surface area (Å²) in [6.07, 6.45) is 1.45. The van der Waals surface area contributed by atoms with Gasteiger partial charge in [0.2, 0.25) is 0 Å². The fourth-order valence-corrected chi connectivity index (χ4v) is 2.04. The third kappa shape index (κ3) is 2.99. The fourth-order valence-electron chi connectivity index (χ4n) is 1.89. The average molecular weight is 255 g/mol. The van der Waals surface area contributed by atoms with E-state index >= 15 is 0 Å². The molecule has 17 heavy (non-hydrogen) atoms. The van der Waals surface area contributed by atoms with Crippen molar-refractivity contribution < 1.29 is 4.74 Å². The molecule has 0 amide bonds. The van der Waals surface area contributed by atoms with Crippen LogP contribution in [0, 0.1) is 0 Å². The van der Waals surface area contributed by atoms with Gasteiger partial charge in [0.25, 0.3) is 0 Å². The first kappa shape index (κ1) is 12.4. The first-order valence-corrected chi connectivity index (χ1v) is 6.11. The molecule has 0 bridgehead atoms. The second-order valence-corrected chi connectivity index (χ2v) is 4.46. The van der Waals surface area contributed by atoms with E-state index in [1.807, 2.05) is 4.68 Å². The molecule has 1 atom stereocenters. The summed E-state index contributed by atoms with van der Waals surface area (Å²) in [6.45, 7) is 5.90. The number of hydrogen-bond acceptors (Lipinski definition) is 5. The number of hydrogen-bond donors (Lipinski definition) is 1. The highest BCUT2D eigenvalue weighted by Crippen LogP contribution is 2.09. The summed E-state index contributed by atoms with van der Waals surface area (Å²) in [7, 11) is 0. The third-order valence-electron chi connectivity index (χ3n) is 2.83. The highest BCUT2D eigenvalue weighted by molar-refractivity contribution is 7.80. The molecule has 0 saturated carbocycles. The second-order valence-electron chi connectivity index (χ2n) is 3.99. The van der Waals surface area contributed by atoms with Gasteiger partial charge in [0, 0.05) is 19.6 Å². The summed E-state index contributed by atoms with van der Waals surface area (Å²) in [5.74, 6) is 0.969. The van der Waals surface area contributed by atoms with Gasteiger partial charge in [-0.15, -0.1) is 0 Å². The van der Waals surface area contributed by atoms with Crippen LogP contribution in [0.3, 0.4) is 0 Å².